The molecule has 19 heavy (non-hydrogen) atoms. The molecule has 0 aliphatic carbocycles. The fourth-order valence-electron chi connectivity index (χ4n) is 3.24. The Bertz CT molecular complexity index is 560. The van der Waals surface area contributed by atoms with E-state index in [1.807, 2.05) is 11.8 Å². The van der Waals surface area contributed by atoms with Crippen molar-refractivity contribution in [3.05, 3.63) is 29.8 Å². The lowest BCUT2D eigenvalue weighted by Gasteiger charge is -2.28. The molecule has 0 bridgehead atoms. The third-order valence-corrected chi connectivity index (χ3v) is 7.47. The molecule has 1 saturated heterocycles. The summed E-state index contributed by atoms with van der Waals surface area (Å²) in [5.41, 5.74) is 7.11. The second kappa shape index (κ2) is 4.79. The second-order valence-electron chi connectivity index (χ2n) is 5.80. The highest BCUT2D eigenvalue weighted by Crippen LogP contribution is 2.45. The van der Waals surface area contributed by atoms with Gasteiger partial charge in [0.05, 0.1) is 11.5 Å². The van der Waals surface area contributed by atoms with Gasteiger partial charge in [0.2, 0.25) is 0 Å². The van der Waals surface area contributed by atoms with E-state index >= 15 is 0 Å². The molecule has 0 aromatic heterocycles. The van der Waals surface area contributed by atoms with E-state index in [1.165, 1.54) is 10.5 Å². The summed E-state index contributed by atoms with van der Waals surface area (Å²) in [7, 11) is -2.86. The van der Waals surface area contributed by atoms with Gasteiger partial charge in [0.15, 0.2) is 9.84 Å². The van der Waals surface area contributed by atoms with Crippen LogP contribution in [0.15, 0.2) is 29.2 Å². The van der Waals surface area contributed by atoms with Crippen LogP contribution < -0.4 is 5.73 Å². The van der Waals surface area contributed by atoms with E-state index in [1.54, 1.807) is 0 Å². The molecule has 0 amide bonds. The molecule has 2 heterocycles. The predicted octanol–water partition coefficient (Wildman–Crippen LogP) is 1.86. The van der Waals surface area contributed by atoms with Crippen LogP contribution in [0.3, 0.4) is 0 Å². The molecule has 1 aromatic rings. The second-order valence-corrected chi connectivity index (χ2v) is 9.33. The highest BCUT2D eigenvalue weighted by molar-refractivity contribution is 8.00. The molecule has 5 heteroatoms. The molecule has 1 fully saturated rings. The maximum absolute atomic E-state index is 11.7. The minimum Gasteiger partial charge on any atom is -0.330 e. The summed E-state index contributed by atoms with van der Waals surface area (Å²) in [6.07, 6.45) is 2.70. The number of benzene rings is 1. The van der Waals surface area contributed by atoms with Crippen molar-refractivity contribution in [3.8, 4) is 0 Å². The van der Waals surface area contributed by atoms with Gasteiger partial charge in [-0.2, -0.15) is 0 Å². The maximum Gasteiger partial charge on any atom is 0.150 e. The van der Waals surface area contributed by atoms with E-state index in [0.29, 0.717) is 17.5 Å². The molecule has 3 rings (SSSR count). The maximum atomic E-state index is 11.7. The van der Waals surface area contributed by atoms with E-state index < -0.39 is 9.84 Å². The first kappa shape index (κ1) is 13.5. The molecule has 0 saturated carbocycles. The number of nitrogens with two attached hydrogens (primary N) is 1. The summed E-state index contributed by atoms with van der Waals surface area (Å²) in [5.74, 6) is 0.596. The van der Waals surface area contributed by atoms with E-state index in [2.05, 4.69) is 24.3 Å². The SMILES string of the molecule is NCC1(CC2Cc3ccccc3S2)CCS(=O)(=O)C1. The fourth-order valence-corrected chi connectivity index (χ4v) is 6.96. The highest BCUT2D eigenvalue weighted by Gasteiger charge is 2.43. The largest absolute Gasteiger partial charge is 0.330 e. The Labute approximate surface area is 118 Å². The molecular formula is C14H19NO2S2. The van der Waals surface area contributed by atoms with Crippen LogP contribution in [0.4, 0.5) is 0 Å². The van der Waals surface area contributed by atoms with Gasteiger partial charge in [-0.25, -0.2) is 8.42 Å². The predicted molar refractivity (Wildman–Crippen MR) is 79.2 cm³/mol. The Morgan fingerprint density at radius 1 is 1.37 bits per heavy atom. The lowest BCUT2D eigenvalue weighted by atomic mass is 9.82. The quantitative estimate of drug-likeness (QED) is 0.925. The van der Waals surface area contributed by atoms with Gasteiger partial charge in [-0.15, -0.1) is 11.8 Å². The summed E-state index contributed by atoms with van der Waals surface area (Å²) < 4.78 is 23.5. The summed E-state index contributed by atoms with van der Waals surface area (Å²) in [6, 6.07) is 8.46. The van der Waals surface area contributed by atoms with Crippen LogP contribution in [0, 0.1) is 5.41 Å². The molecule has 2 unspecified atom stereocenters. The van der Waals surface area contributed by atoms with Gasteiger partial charge in [-0.05, 0) is 42.9 Å². The zero-order valence-electron chi connectivity index (χ0n) is 10.8. The van der Waals surface area contributed by atoms with Crippen LogP contribution in [-0.4, -0.2) is 31.7 Å². The lowest BCUT2D eigenvalue weighted by molar-refractivity contribution is 0.315. The van der Waals surface area contributed by atoms with Gasteiger partial charge in [-0.1, -0.05) is 18.2 Å². The third kappa shape index (κ3) is 2.69. The molecule has 3 nitrogen and oxygen atoms in total. The van der Waals surface area contributed by atoms with Crippen molar-refractivity contribution in [2.75, 3.05) is 18.1 Å². The topological polar surface area (TPSA) is 60.2 Å². The minimum atomic E-state index is -2.86. The monoisotopic (exact) mass is 297 g/mol. The molecule has 1 aromatic carbocycles. The fraction of sp³-hybridized carbons (Fsp3) is 0.571. The number of thioether (sulfide) groups is 1. The molecule has 2 aliphatic rings. The van der Waals surface area contributed by atoms with Gasteiger partial charge in [-0.3, -0.25) is 0 Å². The Morgan fingerprint density at radius 3 is 2.79 bits per heavy atom. The Kier molecular flexibility index (Phi) is 3.39. The van der Waals surface area contributed by atoms with E-state index in [4.69, 9.17) is 5.73 Å². The average Bonchev–Trinajstić information content (AvgIpc) is 2.90. The van der Waals surface area contributed by atoms with Crippen molar-refractivity contribution in [1.82, 2.24) is 0 Å². The number of rotatable bonds is 3. The van der Waals surface area contributed by atoms with Crippen molar-refractivity contribution in [1.29, 1.82) is 0 Å². The summed E-state index contributed by atoms with van der Waals surface area (Å²) in [4.78, 5) is 1.35. The van der Waals surface area contributed by atoms with Crippen LogP contribution in [0.1, 0.15) is 18.4 Å². The van der Waals surface area contributed by atoms with Gasteiger partial charge in [0.25, 0.3) is 0 Å². The van der Waals surface area contributed by atoms with Gasteiger partial charge < -0.3 is 5.73 Å². The van der Waals surface area contributed by atoms with Crippen LogP contribution in [0.2, 0.25) is 0 Å². The highest BCUT2D eigenvalue weighted by atomic mass is 32.2. The molecule has 2 aliphatic heterocycles. The average molecular weight is 297 g/mol. The van der Waals surface area contributed by atoms with Crippen molar-refractivity contribution in [2.45, 2.75) is 29.4 Å². The Balaban J connectivity index is 1.73. The van der Waals surface area contributed by atoms with Crippen molar-refractivity contribution >= 4 is 21.6 Å². The van der Waals surface area contributed by atoms with Crippen molar-refractivity contribution in [3.63, 3.8) is 0 Å². The van der Waals surface area contributed by atoms with Crippen LogP contribution in [0.5, 0.6) is 0 Å². The molecule has 104 valence electrons. The smallest absolute Gasteiger partial charge is 0.150 e. The van der Waals surface area contributed by atoms with Crippen molar-refractivity contribution in [2.24, 2.45) is 11.1 Å². The first-order valence-corrected chi connectivity index (χ1v) is 9.37. The molecule has 0 radical (unpaired) electrons. The normalized spacial score (nSPS) is 32.4. The molecule has 2 atom stereocenters. The van der Waals surface area contributed by atoms with Crippen LogP contribution in [-0.2, 0) is 16.3 Å². The summed E-state index contributed by atoms with van der Waals surface area (Å²) in [5, 5.41) is 0.481. The van der Waals surface area contributed by atoms with E-state index in [0.717, 1.165) is 19.3 Å². The van der Waals surface area contributed by atoms with Gasteiger partial charge in [0.1, 0.15) is 0 Å². The first-order chi connectivity index (χ1) is 9.02. The Morgan fingerprint density at radius 2 is 2.16 bits per heavy atom. The van der Waals surface area contributed by atoms with Crippen molar-refractivity contribution < 1.29 is 8.42 Å². The van der Waals surface area contributed by atoms with Crippen LogP contribution in [0.25, 0.3) is 0 Å². The molecule has 2 N–H and O–H groups in total. The standard InChI is InChI=1S/C14H19NO2S2/c15-9-14(5-6-19(16,17)10-14)8-12-7-11-3-1-2-4-13(11)18-12/h1-4,12H,5-10,15H2. The van der Waals surface area contributed by atoms with Gasteiger partial charge >= 0.3 is 0 Å². The lowest BCUT2D eigenvalue weighted by Crippen LogP contribution is -2.34. The number of hydrogen-bond donors (Lipinski definition) is 1. The van der Waals surface area contributed by atoms with E-state index in [-0.39, 0.29) is 11.2 Å². The number of hydrogen-bond acceptors (Lipinski definition) is 4. The molecule has 0 spiro atoms. The van der Waals surface area contributed by atoms with Gasteiger partial charge in [0, 0.05) is 10.1 Å². The zero-order chi connectivity index (χ0) is 13.5. The summed E-state index contributed by atoms with van der Waals surface area (Å²) in [6.45, 7) is 0.486. The zero-order valence-corrected chi connectivity index (χ0v) is 12.5. The number of fused-ring (bicyclic) bond motifs is 1. The minimum absolute atomic E-state index is 0.182. The molecular weight excluding hydrogens is 278 g/mol. The third-order valence-electron chi connectivity index (χ3n) is 4.28. The first-order valence-electron chi connectivity index (χ1n) is 6.67. The number of sulfone groups is 1. The van der Waals surface area contributed by atoms with E-state index in [9.17, 15) is 8.42 Å². The summed E-state index contributed by atoms with van der Waals surface area (Å²) >= 11 is 1.89. The van der Waals surface area contributed by atoms with Crippen LogP contribution >= 0.6 is 11.8 Å². The Hall–Kier alpha value is -0.520.